The largest absolute Gasteiger partial charge is 0.497 e. The van der Waals surface area contributed by atoms with E-state index in [2.05, 4.69) is 20.9 Å². The third-order valence-electron chi connectivity index (χ3n) is 5.74. The number of thiazole rings is 1. The lowest BCUT2D eigenvalue weighted by molar-refractivity contribution is -0.139. The van der Waals surface area contributed by atoms with Crippen molar-refractivity contribution in [2.24, 2.45) is 4.99 Å². The summed E-state index contributed by atoms with van der Waals surface area (Å²) >= 11 is 4.61. The number of allylic oxidation sites excluding steroid dienone is 1. The van der Waals surface area contributed by atoms with Crippen LogP contribution in [0.25, 0.3) is 6.08 Å². The van der Waals surface area contributed by atoms with Crippen LogP contribution in [0.1, 0.15) is 37.9 Å². The van der Waals surface area contributed by atoms with Gasteiger partial charge in [-0.15, -0.1) is 0 Å². The van der Waals surface area contributed by atoms with Crippen molar-refractivity contribution in [1.82, 2.24) is 4.57 Å². The Morgan fingerprint density at radius 3 is 2.47 bits per heavy atom. The van der Waals surface area contributed by atoms with Crippen LogP contribution in [0.2, 0.25) is 0 Å². The lowest BCUT2D eigenvalue weighted by Gasteiger charge is -2.24. The average Bonchev–Trinajstić information content (AvgIpc) is 3.18. The van der Waals surface area contributed by atoms with Gasteiger partial charge in [-0.2, -0.15) is 0 Å². The van der Waals surface area contributed by atoms with Gasteiger partial charge < -0.3 is 18.9 Å². The first-order chi connectivity index (χ1) is 18.2. The number of hydrogen-bond donors (Lipinski definition) is 0. The number of carbonyl (C=O) groups is 2. The number of esters is 2. The number of benzene rings is 2. The van der Waals surface area contributed by atoms with Crippen molar-refractivity contribution in [3.8, 4) is 17.2 Å². The second-order valence-corrected chi connectivity index (χ2v) is 10.1. The van der Waals surface area contributed by atoms with Gasteiger partial charge in [-0.25, -0.2) is 9.79 Å². The molecule has 0 saturated carbocycles. The van der Waals surface area contributed by atoms with Crippen LogP contribution in [0.4, 0.5) is 0 Å². The van der Waals surface area contributed by atoms with Crippen LogP contribution in [-0.4, -0.2) is 37.3 Å². The first-order valence-corrected chi connectivity index (χ1v) is 13.2. The number of halogens is 1. The lowest BCUT2D eigenvalue weighted by atomic mass is 9.96. The van der Waals surface area contributed by atoms with Crippen molar-refractivity contribution in [1.29, 1.82) is 0 Å². The normalized spacial score (nSPS) is 15.0. The van der Waals surface area contributed by atoms with Gasteiger partial charge in [0.1, 0.15) is 5.75 Å². The van der Waals surface area contributed by atoms with Gasteiger partial charge in [0.25, 0.3) is 5.56 Å². The molecule has 1 unspecified atom stereocenters. The Morgan fingerprint density at radius 2 is 1.87 bits per heavy atom. The maximum atomic E-state index is 13.8. The molecule has 0 radical (unpaired) electrons. The lowest BCUT2D eigenvalue weighted by Crippen LogP contribution is -2.39. The van der Waals surface area contributed by atoms with Crippen LogP contribution in [0, 0.1) is 0 Å². The minimum atomic E-state index is -0.731. The minimum Gasteiger partial charge on any atom is -0.497 e. The van der Waals surface area contributed by atoms with Crippen molar-refractivity contribution < 1.29 is 28.5 Å². The molecule has 4 rings (SSSR count). The van der Waals surface area contributed by atoms with Crippen LogP contribution in [0.3, 0.4) is 0 Å². The van der Waals surface area contributed by atoms with Gasteiger partial charge in [-0.05, 0) is 71.2 Å². The molecular weight excluding hydrogens is 576 g/mol. The summed E-state index contributed by atoms with van der Waals surface area (Å²) in [6, 6.07) is 9.83. The first-order valence-electron chi connectivity index (χ1n) is 11.6. The van der Waals surface area contributed by atoms with Crippen LogP contribution in [-0.2, 0) is 14.3 Å². The van der Waals surface area contributed by atoms with E-state index in [4.69, 9.17) is 18.9 Å². The molecule has 1 aromatic heterocycles. The molecule has 0 spiro atoms. The van der Waals surface area contributed by atoms with Gasteiger partial charge in [-0.1, -0.05) is 23.5 Å². The maximum Gasteiger partial charge on any atom is 0.338 e. The van der Waals surface area contributed by atoms with Gasteiger partial charge in [0.05, 0.1) is 47.1 Å². The highest BCUT2D eigenvalue weighted by molar-refractivity contribution is 9.10. The number of carbonyl (C=O) groups excluding carboxylic acids is 2. The standard InChI is InChI=1S/C27H25BrN2O7S/c1-6-36-26(33)22-14(2)29-27-30(23(22)17-7-9-18(34-4)10-8-17)25(32)21(38-27)13-16-11-19(28)24(37-15(3)31)20(12-16)35-5/h7-13,23H,6H2,1-5H3. The quantitative estimate of drug-likeness (QED) is 0.302. The third kappa shape index (κ3) is 5.30. The van der Waals surface area contributed by atoms with Crippen LogP contribution in [0.5, 0.6) is 17.2 Å². The number of fused-ring (bicyclic) bond motifs is 1. The zero-order valence-electron chi connectivity index (χ0n) is 21.4. The molecule has 2 aromatic carbocycles. The highest BCUT2D eigenvalue weighted by Gasteiger charge is 2.33. The Morgan fingerprint density at radius 1 is 1.16 bits per heavy atom. The Hall–Kier alpha value is -3.70. The number of methoxy groups -OCH3 is 2. The molecular formula is C27H25BrN2O7S. The molecule has 0 saturated heterocycles. The van der Waals surface area contributed by atoms with E-state index in [0.717, 1.165) is 0 Å². The molecule has 2 heterocycles. The summed E-state index contributed by atoms with van der Waals surface area (Å²) < 4.78 is 23.6. The Kier molecular flexibility index (Phi) is 8.17. The number of ether oxygens (including phenoxy) is 4. The van der Waals surface area contributed by atoms with Crippen molar-refractivity contribution >= 4 is 45.3 Å². The second kappa shape index (κ2) is 11.4. The summed E-state index contributed by atoms with van der Waals surface area (Å²) in [5.74, 6) is 0.198. The molecule has 0 N–H and O–H groups in total. The fraction of sp³-hybridized carbons (Fsp3) is 0.259. The second-order valence-electron chi connectivity index (χ2n) is 8.20. The highest BCUT2D eigenvalue weighted by Crippen LogP contribution is 2.37. The molecule has 0 amide bonds. The predicted molar refractivity (Wildman–Crippen MR) is 145 cm³/mol. The summed E-state index contributed by atoms with van der Waals surface area (Å²) in [5.41, 5.74) is 1.81. The number of rotatable bonds is 7. The zero-order chi connectivity index (χ0) is 27.6. The Labute approximate surface area is 230 Å². The van der Waals surface area contributed by atoms with E-state index in [1.165, 1.54) is 29.9 Å². The summed E-state index contributed by atoms with van der Waals surface area (Å²) in [4.78, 5) is 43.3. The summed E-state index contributed by atoms with van der Waals surface area (Å²) in [5, 5.41) is 0. The molecule has 9 nitrogen and oxygen atoms in total. The molecule has 3 aromatic rings. The van der Waals surface area contributed by atoms with Gasteiger partial charge in [0.15, 0.2) is 16.3 Å². The molecule has 11 heteroatoms. The smallest absolute Gasteiger partial charge is 0.338 e. The van der Waals surface area contributed by atoms with E-state index in [9.17, 15) is 14.4 Å². The summed E-state index contributed by atoms with van der Waals surface area (Å²) in [6.07, 6.45) is 1.70. The summed E-state index contributed by atoms with van der Waals surface area (Å²) in [7, 11) is 3.03. The van der Waals surface area contributed by atoms with Crippen LogP contribution >= 0.6 is 27.3 Å². The van der Waals surface area contributed by atoms with Crippen LogP contribution < -0.4 is 29.1 Å². The van der Waals surface area contributed by atoms with Crippen LogP contribution in [0.15, 0.2) is 61.9 Å². The molecule has 1 aliphatic rings. The monoisotopic (exact) mass is 600 g/mol. The number of hydrogen-bond acceptors (Lipinski definition) is 9. The number of aromatic nitrogens is 1. The molecule has 0 fully saturated rings. The average molecular weight is 601 g/mol. The molecule has 1 atom stereocenters. The zero-order valence-corrected chi connectivity index (χ0v) is 23.8. The van der Waals surface area contributed by atoms with E-state index in [1.54, 1.807) is 51.3 Å². The van der Waals surface area contributed by atoms with Gasteiger partial charge in [0, 0.05) is 6.92 Å². The summed E-state index contributed by atoms with van der Waals surface area (Å²) in [6.45, 7) is 4.95. The third-order valence-corrected chi connectivity index (χ3v) is 7.32. The fourth-order valence-corrected chi connectivity index (χ4v) is 5.70. The van der Waals surface area contributed by atoms with E-state index >= 15 is 0 Å². The maximum absolute atomic E-state index is 13.8. The topological polar surface area (TPSA) is 105 Å². The molecule has 0 aliphatic carbocycles. The van der Waals surface area contributed by atoms with Crippen molar-refractivity contribution in [3.05, 3.63) is 83.0 Å². The van der Waals surface area contributed by atoms with Crippen molar-refractivity contribution in [2.45, 2.75) is 26.8 Å². The predicted octanol–water partition coefficient (Wildman–Crippen LogP) is 3.50. The highest BCUT2D eigenvalue weighted by atomic mass is 79.9. The van der Waals surface area contributed by atoms with E-state index in [1.807, 2.05) is 12.1 Å². The van der Waals surface area contributed by atoms with Crippen molar-refractivity contribution in [3.63, 3.8) is 0 Å². The fourth-order valence-electron chi connectivity index (χ4n) is 4.11. The number of nitrogens with zero attached hydrogens (tertiary/aromatic N) is 2. The first kappa shape index (κ1) is 27.3. The van der Waals surface area contributed by atoms with Gasteiger partial charge in [-0.3, -0.25) is 14.2 Å². The Bertz CT molecular complexity index is 1620. The van der Waals surface area contributed by atoms with E-state index in [-0.39, 0.29) is 17.9 Å². The van der Waals surface area contributed by atoms with E-state index in [0.29, 0.717) is 47.7 Å². The minimum absolute atomic E-state index is 0.190. The SMILES string of the molecule is CCOC(=O)C1=C(C)N=c2sc(=Cc3cc(Br)c(OC(C)=O)c(OC)c3)c(=O)n2C1c1ccc(OC)cc1. The molecule has 1 aliphatic heterocycles. The van der Waals surface area contributed by atoms with Crippen molar-refractivity contribution in [2.75, 3.05) is 20.8 Å². The van der Waals surface area contributed by atoms with Gasteiger partial charge in [0.2, 0.25) is 0 Å². The van der Waals surface area contributed by atoms with E-state index < -0.39 is 18.0 Å². The Balaban J connectivity index is 1.91. The van der Waals surface area contributed by atoms with Gasteiger partial charge >= 0.3 is 11.9 Å². The molecule has 198 valence electrons. The molecule has 0 bridgehead atoms. The molecule has 38 heavy (non-hydrogen) atoms.